The van der Waals surface area contributed by atoms with Crippen LogP contribution in [0.2, 0.25) is 5.02 Å². The van der Waals surface area contributed by atoms with Gasteiger partial charge in [-0.15, -0.1) is 0 Å². The summed E-state index contributed by atoms with van der Waals surface area (Å²) in [6.45, 7) is 0.523. The summed E-state index contributed by atoms with van der Waals surface area (Å²) in [5.74, 6) is -4.50. The molecule has 31 heavy (non-hydrogen) atoms. The molecule has 164 valence electrons. The van der Waals surface area contributed by atoms with Crippen LogP contribution in [0.15, 0.2) is 18.2 Å². The molecule has 5 rings (SSSR count). The molecule has 2 saturated carbocycles. The lowest BCUT2D eigenvalue weighted by atomic mass is 9.79. The summed E-state index contributed by atoms with van der Waals surface area (Å²) in [6.07, 6.45) is 1.07. The normalized spacial score (nSPS) is 21.0. The molecule has 1 aromatic carbocycles. The van der Waals surface area contributed by atoms with Crippen molar-refractivity contribution >= 4 is 23.4 Å². The van der Waals surface area contributed by atoms with E-state index < -0.39 is 23.2 Å². The van der Waals surface area contributed by atoms with Gasteiger partial charge in [0.1, 0.15) is 11.5 Å². The van der Waals surface area contributed by atoms with E-state index in [1.807, 2.05) is 0 Å². The number of nitrogens with two attached hydrogens (primary N) is 1. The zero-order chi connectivity index (χ0) is 22.1. The Hall–Kier alpha value is -2.55. The van der Waals surface area contributed by atoms with Gasteiger partial charge in [0.25, 0.3) is 5.91 Å². The van der Waals surface area contributed by atoms with E-state index >= 15 is 0 Å². The number of aromatic nitrogens is 2. The number of benzene rings is 1. The van der Waals surface area contributed by atoms with Crippen LogP contribution in [-0.2, 0) is 16.9 Å². The van der Waals surface area contributed by atoms with E-state index in [-0.39, 0.29) is 48.2 Å². The predicted octanol–water partition coefficient (Wildman–Crippen LogP) is 3.71. The van der Waals surface area contributed by atoms with Crippen LogP contribution in [0.3, 0.4) is 0 Å². The molecule has 6 nitrogen and oxygen atoms in total. The summed E-state index contributed by atoms with van der Waals surface area (Å²) in [5.41, 5.74) is 6.67. The Morgan fingerprint density at radius 3 is 2.55 bits per heavy atom. The summed E-state index contributed by atoms with van der Waals surface area (Å²) in [7, 11) is 0. The van der Waals surface area contributed by atoms with Crippen molar-refractivity contribution in [2.45, 2.75) is 50.1 Å². The minimum absolute atomic E-state index is 0.0616. The zero-order valence-electron chi connectivity index (χ0n) is 16.5. The van der Waals surface area contributed by atoms with Crippen LogP contribution in [-0.4, -0.2) is 39.0 Å². The third-order valence-electron chi connectivity index (χ3n) is 6.51. The smallest absolute Gasteiger partial charge is 0.252 e. The van der Waals surface area contributed by atoms with Gasteiger partial charge in [0.2, 0.25) is 11.8 Å². The fourth-order valence-electron chi connectivity index (χ4n) is 4.75. The van der Waals surface area contributed by atoms with Crippen LogP contribution in [0.5, 0.6) is 0 Å². The van der Waals surface area contributed by atoms with Crippen molar-refractivity contribution in [1.29, 1.82) is 0 Å². The van der Waals surface area contributed by atoms with E-state index in [9.17, 15) is 22.8 Å². The Balaban J connectivity index is 1.49. The van der Waals surface area contributed by atoms with Crippen molar-refractivity contribution in [3.8, 4) is 11.3 Å². The van der Waals surface area contributed by atoms with Gasteiger partial charge in [-0.3, -0.25) is 14.3 Å². The van der Waals surface area contributed by atoms with Gasteiger partial charge in [-0.2, -0.15) is 5.10 Å². The largest absolute Gasteiger partial charge is 0.365 e. The lowest BCUT2D eigenvalue weighted by Gasteiger charge is -2.38. The molecule has 1 spiro atoms. The molecule has 2 heterocycles. The topological polar surface area (TPSA) is 81.2 Å². The van der Waals surface area contributed by atoms with Crippen molar-refractivity contribution in [3.63, 3.8) is 0 Å². The molecule has 0 atom stereocenters. The number of alkyl halides is 2. The number of carbonyl (C=O) groups excluding carboxylic acids is 2. The van der Waals surface area contributed by atoms with Gasteiger partial charge in [-0.25, -0.2) is 13.2 Å². The van der Waals surface area contributed by atoms with Gasteiger partial charge in [-0.1, -0.05) is 11.6 Å². The minimum Gasteiger partial charge on any atom is -0.365 e. The van der Waals surface area contributed by atoms with Crippen LogP contribution < -0.4 is 5.73 Å². The van der Waals surface area contributed by atoms with E-state index in [0.29, 0.717) is 23.5 Å². The number of halogens is 4. The molecular formula is C21H20ClF3N4O2. The summed E-state index contributed by atoms with van der Waals surface area (Å²) in [5, 5.41) is 4.52. The second-order valence-corrected chi connectivity index (χ2v) is 9.29. The quantitative estimate of drug-likeness (QED) is 0.767. The van der Waals surface area contributed by atoms with Crippen LogP contribution in [0.4, 0.5) is 13.2 Å². The van der Waals surface area contributed by atoms with Gasteiger partial charge in [0, 0.05) is 31.4 Å². The molecule has 2 fully saturated rings. The van der Waals surface area contributed by atoms with E-state index in [2.05, 4.69) is 5.10 Å². The third-order valence-corrected chi connectivity index (χ3v) is 6.80. The van der Waals surface area contributed by atoms with Gasteiger partial charge in [0.15, 0.2) is 0 Å². The highest BCUT2D eigenvalue weighted by molar-refractivity contribution is 6.31. The van der Waals surface area contributed by atoms with E-state index in [1.54, 1.807) is 9.58 Å². The van der Waals surface area contributed by atoms with E-state index in [4.69, 9.17) is 17.3 Å². The number of primary amides is 1. The summed E-state index contributed by atoms with van der Waals surface area (Å²) < 4.78 is 41.7. The molecule has 2 N–H and O–H groups in total. The number of fused-ring (bicyclic) bond motifs is 2. The molecular weight excluding hydrogens is 433 g/mol. The monoisotopic (exact) mass is 452 g/mol. The highest BCUT2D eigenvalue weighted by Gasteiger charge is 2.53. The maximum atomic E-state index is 13.6. The van der Waals surface area contributed by atoms with Gasteiger partial charge in [-0.05, 0) is 37.0 Å². The average Bonchev–Trinajstić information content (AvgIpc) is 3.31. The summed E-state index contributed by atoms with van der Waals surface area (Å²) in [4.78, 5) is 26.8. The standard InChI is InChI=1S/C21H20ClF3N4O2/c22-13-6-12(1-2-14(13)23)18-17(19(26)31)15-9-28(10-20(3-4-20)29(15)27-18)16(30)5-11-7-21(24,25)8-11/h1-2,6,11H,3-5,7-10H2,(H2,26,31). The van der Waals surface area contributed by atoms with Crippen molar-refractivity contribution in [2.75, 3.05) is 6.54 Å². The lowest BCUT2D eigenvalue weighted by molar-refractivity contribution is -0.144. The number of hydrogen-bond donors (Lipinski definition) is 1. The zero-order valence-corrected chi connectivity index (χ0v) is 17.3. The molecule has 10 heteroatoms. The molecule has 0 radical (unpaired) electrons. The maximum Gasteiger partial charge on any atom is 0.252 e. The lowest BCUT2D eigenvalue weighted by Crippen LogP contribution is -2.47. The molecule has 0 unspecified atom stereocenters. The predicted molar refractivity (Wildman–Crippen MR) is 106 cm³/mol. The average molecular weight is 453 g/mol. The molecule has 2 aromatic rings. The van der Waals surface area contributed by atoms with Crippen LogP contribution in [0.1, 0.15) is 48.2 Å². The number of carbonyl (C=O) groups is 2. The summed E-state index contributed by atoms with van der Waals surface area (Å²) in [6, 6.07) is 4.05. The minimum atomic E-state index is -2.67. The highest BCUT2D eigenvalue weighted by Crippen LogP contribution is 2.50. The molecule has 1 aromatic heterocycles. The molecule has 0 bridgehead atoms. The molecule has 2 aliphatic carbocycles. The first-order chi connectivity index (χ1) is 14.6. The number of rotatable bonds is 4. The van der Waals surface area contributed by atoms with Crippen LogP contribution in [0.25, 0.3) is 11.3 Å². The fourth-order valence-corrected chi connectivity index (χ4v) is 4.93. The van der Waals surface area contributed by atoms with E-state index in [0.717, 1.165) is 12.8 Å². The van der Waals surface area contributed by atoms with Gasteiger partial charge in [0.05, 0.1) is 28.4 Å². The second-order valence-electron chi connectivity index (χ2n) is 8.88. The highest BCUT2D eigenvalue weighted by atomic mass is 35.5. The van der Waals surface area contributed by atoms with E-state index in [1.165, 1.54) is 18.2 Å². The Bertz CT molecular complexity index is 1100. The Labute approximate surface area is 181 Å². The Morgan fingerprint density at radius 2 is 1.97 bits per heavy atom. The molecule has 1 aliphatic heterocycles. The SMILES string of the molecule is NC(=O)c1c(-c2ccc(F)c(Cl)c2)nn2c1CN(C(=O)CC1CC(F)(F)C1)CC21CC1. The van der Waals surface area contributed by atoms with Crippen molar-refractivity contribution in [1.82, 2.24) is 14.7 Å². The fraction of sp³-hybridized carbons (Fsp3) is 0.476. The van der Waals surface area contributed by atoms with Crippen LogP contribution >= 0.6 is 11.6 Å². The Morgan fingerprint density at radius 1 is 1.26 bits per heavy atom. The third kappa shape index (κ3) is 3.39. The first kappa shape index (κ1) is 20.4. The van der Waals surface area contributed by atoms with Crippen molar-refractivity contribution in [3.05, 3.63) is 40.3 Å². The van der Waals surface area contributed by atoms with Crippen molar-refractivity contribution < 1.29 is 22.8 Å². The Kier molecular flexibility index (Phi) is 4.41. The van der Waals surface area contributed by atoms with Gasteiger partial charge < -0.3 is 10.6 Å². The first-order valence-corrected chi connectivity index (χ1v) is 10.5. The second kappa shape index (κ2) is 6.72. The summed E-state index contributed by atoms with van der Waals surface area (Å²) >= 11 is 5.91. The molecule has 0 saturated heterocycles. The first-order valence-electron chi connectivity index (χ1n) is 10.1. The number of hydrogen-bond acceptors (Lipinski definition) is 3. The van der Waals surface area contributed by atoms with Crippen molar-refractivity contribution in [2.24, 2.45) is 11.7 Å². The number of amides is 2. The molecule has 2 amide bonds. The van der Waals surface area contributed by atoms with Crippen LogP contribution in [0, 0.1) is 11.7 Å². The maximum absolute atomic E-state index is 13.6. The van der Waals surface area contributed by atoms with Gasteiger partial charge >= 0.3 is 0 Å². The number of nitrogens with zero attached hydrogens (tertiary/aromatic N) is 3. The molecule has 3 aliphatic rings.